The SMILES string of the molecule is CCS(=O)(=O)N1CCC[C@H](c2cc3nc(-c4cccs4)cc(C(F)(F)F)n3n2)C1. The van der Waals surface area contributed by atoms with Crippen LogP contribution in [0.4, 0.5) is 13.2 Å². The highest BCUT2D eigenvalue weighted by atomic mass is 32.2. The number of fused-ring (bicyclic) bond motifs is 1. The molecule has 0 radical (unpaired) electrons. The number of sulfonamides is 1. The molecule has 1 fully saturated rings. The van der Waals surface area contributed by atoms with Crippen LogP contribution in [0.15, 0.2) is 29.6 Å². The third-order valence-electron chi connectivity index (χ3n) is 5.07. The molecule has 1 aliphatic rings. The number of hydrogen-bond donors (Lipinski definition) is 0. The topological polar surface area (TPSA) is 67.6 Å². The molecule has 6 nitrogen and oxygen atoms in total. The van der Waals surface area contributed by atoms with Crippen molar-refractivity contribution < 1.29 is 21.6 Å². The Labute approximate surface area is 170 Å². The predicted molar refractivity (Wildman–Crippen MR) is 104 cm³/mol. The number of piperidine rings is 1. The van der Waals surface area contributed by atoms with Crippen molar-refractivity contribution in [3.8, 4) is 10.6 Å². The van der Waals surface area contributed by atoms with Crippen LogP contribution in [-0.2, 0) is 16.2 Å². The fraction of sp³-hybridized carbons (Fsp3) is 0.444. The molecule has 0 spiro atoms. The van der Waals surface area contributed by atoms with Crippen molar-refractivity contribution in [3.05, 3.63) is 41.0 Å². The minimum absolute atomic E-state index is 0.00512. The Bertz CT molecular complexity index is 1120. The molecule has 0 bridgehead atoms. The number of rotatable bonds is 4. The second kappa shape index (κ2) is 7.37. The number of thiophene rings is 1. The lowest BCUT2D eigenvalue weighted by atomic mass is 9.96. The number of hydrogen-bond acceptors (Lipinski definition) is 5. The molecule has 0 aliphatic carbocycles. The number of alkyl halides is 3. The van der Waals surface area contributed by atoms with Crippen LogP contribution >= 0.6 is 11.3 Å². The zero-order chi connectivity index (χ0) is 20.8. The lowest BCUT2D eigenvalue weighted by molar-refractivity contribution is -0.142. The first-order valence-corrected chi connectivity index (χ1v) is 11.7. The fourth-order valence-corrected chi connectivity index (χ4v) is 5.43. The smallest absolute Gasteiger partial charge is 0.228 e. The van der Waals surface area contributed by atoms with Gasteiger partial charge in [0.25, 0.3) is 0 Å². The van der Waals surface area contributed by atoms with E-state index in [1.165, 1.54) is 15.6 Å². The third kappa shape index (κ3) is 3.90. The maximum Gasteiger partial charge on any atom is 0.433 e. The standard InChI is InChI=1S/C18H19F3N4O2S2/c1-2-29(26,27)24-7-3-5-12(11-24)13-10-17-22-14(15-6-4-8-28-15)9-16(18(19,20)21)25(17)23-13/h4,6,8-10,12H,2-3,5,7,11H2,1H3/t12-/m0/s1. The van der Waals surface area contributed by atoms with Gasteiger partial charge >= 0.3 is 6.18 Å². The van der Waals surface area contributed by atoms with Crippen LogP contribution < -0.4 is 0 Å². The quantitative estimate of drug-likeness (QED) is 0.610. The first-order valence-electron chi connectivity index (χ1n) is 9.18. The van der Waals surface area contributed by atoms with Crippen LogP contribution in [0.2, 0.25) is 0 Å². The van der Waals surface area contributed by atoms with Gasteiger partial charge in [0.1, 0.15) is 0 Å². The average molecular weight is 445 g/mol. The van der Waals surface area contributed by atoms with Crippen LogP contribution in [0.3, 0.4) is 0 Å². The summed E-state index contributed by atoms with van der Waals surface area (Å²) < 4.78 is 67.7. The molecular formula is C18H19F3N4O2S2. The van der Waals surface area contributed by atoms with E-state index in [4.69, 9.17) is 0 Å². The van der Waals surface area contributed by atoms with Gasteiger partial charge in [-0.3, -0.25) is 0 Å². The Balaban J connectivity index is 1.77. The van der Waals surface area contributed by atoms with Crippen molar-refractivity contribution in [1.29, 1.82) is 0 Å². The van der Waals surface area contributed by atoms with E-state index in [0.29, 0.717) is 30.0 Å². The molecule has 4 heterocycles. The van der Waals surface area contributed by atoms with Crippen LogP contribution in [0.5, 0.6) is 0 Å². The zero-order valence-corrected chi connectivity index (χ0v) is 17.2. The molecule has 11 heteroatoms. The molecule has 0 unspecified atom stereocenters. The van der Waals surface area contributed by atoms with Gasteiger partial charge in [-0.2, -0.15) is 18.3 Å². The average Bonchev–Trinajstić information content (AvgIpc) is 3.36. The van der Waals surface area contributed by atoms with Gasteiger partial charge < -0.3 is 0 Å². The minimum Gasteiger partial charge on any atom is -0.228 e. The Morgan fingerprint density at radius 3 is 2.76 bits per heavy atom. The Morgan fingerprint density at radius 1 is 1.31 bits per heavy atom. The van der Waals surface area contributed by atoms with E-state index >= 15 is 0 Å². The molecule has 0 N–H and O–H groups in total. The molecule has 3 aromatic rings. The Hall–Kier alpha value is -1.98. The van der Waals surface area contributed by atoms with E-state index in [2.05, 4.69) is 10.1 Å². The molecule has 1 atom stereocenters. The summed E-state index contributed by atoms with van der Waals surface area (Å²) in [6, 6.07) is 6.02. The van der Waals surface area contributed by atoms with Gasteiger partial charge in [-0.25, -0.2) is 22.2 Å². The molecule has 0 saturated carbocycles. The summed E-state index contributed by atoms with van der Waals surface area (Å²) in [6.07, 6.45) is -3.29. The van der Waals surface area contributed by atoms with E-state index in [1.807, 2.05) is 0 Å². The van der Waals surface area contributed by atoms with Gasteiger partial charge in [0.05, 0.1) is 22.0 Å². The first-order chi connectivity index (χ1) is 13.7. The zero-order valence-electron chi connectivity index (χ0n) is 15.6. The lowest BCUT2D eigenvalue weighted by Crippen LogP contribution is -2.40. The molecule has 1 aliphatic heterocycles. The molecule has 3 aromatic heterocycles. The largest absolute Gasteiger partial charge is 0.433 e. The van der Waals surface area contributed by atoms with Crippen molar-refractivity contribution in [1.82, 2.24) is 18.9 Å². The molecule has 29 heavy (non-hydrogen) atoms. The van der Waals surface area contributed by atoms with Crippen molar-refractivity contribution in [2.24, 2.45) is 0 Å². The number of halogens is 3. The monoisotopic (exact) mass is 444 g/mol. The summed E-state index contributed by atoms with van der Waals surface area (Å²) in [7, 11) is -3.36. The summed E-state index contributed by atoms with van der Waals surface area (Å²) in [6.45, 7) is 2.23. The van der Waals surface area contributed by atoms with Crippen LogP contribution in [0.1, 0.15) is 37.1 Å². The summed E-state index contributed by atoms with van der Waals surface area (Å²) in [5.41, 5.74) is -0.118. The summed E-state index contributed by atoms with van der Waals surface area (Å²) in [5.74, 6) is -0.271. The second-order valence-corrected chi connectivity index (χ2v) is 10.1. The van der Waals surface area contributed by atoms with Gasteiger partial charge in [-0.15, -0.1) is 11.3 Å². The van der Waals surface area contributed by atoms with Crippen molar-refractivity contribution >= 4 is 27.0 Å². The van der Waals surface area contributed by atoms with Gasteiger partial charge in [0.2, 0.25) is 10.0 Å². The fourth-order valence-electron chi connectivity index (χ4n) is 3.56. The second-order valence-electron chi connectivity index (χ2n) is 6.94. The maximum atomic E-state index is 13.7. The van der Waals surface area contributed by atoms with Gasteiger partial charge in [-0.05, 0) is 37.3 Å². The van der Waals surface area contributed by atoms with Crippen molar-refractivity contribution in [2.45, 2.75) is 31.9 Å². The highest BCUT2D eigenvalue weighted by Crippen LogP contribution is 2.35. The summed E-state index contributed by atoms with van der Waals surface area (Å²) >= 11 is 1.31. The Morgan fingerprint density at radius 2 is 2.10 bits per heavy atom. The molecule has 0 aromatic carbocycles. The molecule has 1 saturated heterocycles. The molecule has 156 valence electrons. The van der Waals surface area contributed by atoms with Crippen molar-refractivity contribution in [3.63, 3.8) is 0 Å². The van der Waals surface area contributed by atoms with E-state index in [0.717, 1.165) is 10.6 Å². The lowest BCUT2D eigenvalue weighted by Gasteiger charge is -2.30. The van der Waals surface area contributed by atoms with E-state index in [-0.39, 0.29) is 29.6 Å². The number of nitrogens with zero attached hydrogens (tertiary/aromatic N) is 4. The third-order valence-corrected chi connectivity index (χ3v) is 7.81. The summed E-state index contributed by atoms with van der Waals surface area (Å²) in [5, 5.41) is 5.96. The highest BCUT2D eigenvalue weighted by Gasteiger charge is 2.36. The van der Waals surface area contributed by atoms with E-state index in [9.17, 15) is 21.6 Å². The first kappa shape index (κ1) is 20.3. The normalized spacial score (nSPS) is 19.1. The summed E-state index contributed by atoms with van der Waals surface area (Å²) in [4.78, 5) is 5.01. The van der Waals surface area contributed by atoms with E-state index in [1.54, 1.807) is 30.5 Å². The Kier molecular flexibility index (Phi) is 5.16. The van der Waals surface area contributed by atoms with Crippen LogP contribution in [-0.4, -0.2) is 46.2 Å². The van der Waals surface area contributed by atoms with E-state index < -0.39 is 21.9 Å². The maximum absolute atomic E-state index is 13.7. The van der Waals surface area contributed by atoms with Crippen LogP contribution in [0, 0.1) is 0 Å². The minimum atomic E-state index is -4.60. The van der Waals surface area contributed by atoms with Gasteiger partial charge in [0, 0.05) is 25.1 Å². The molecular weight excluding hydrogens is 425 g/mol. The predicted octanol–water partition coefficient (Wildman–Crippen LogP) is 4.01. The van der Waals surface area contributed by atoms with Crippen LogP contribution in [0.25, 0.3) is 16.2 Å². The molecule has 0 amide bonds. The van der Waals surface area contributed by atoms with Gasteiger partial charge in [-0.1, -0.05) is 6.07 Å². The number of aromatic nitrogens is 3. The molecule has 4 rings (SSSR count). The highest BCUT2D eigenvalue weighted by molar-refractivity contribution is 7.89. The van der Waals surface area contributed by atoms with Crippen molar-refractivity contribution in [2.75, 3.05) is 18.8 Å². The van der Waals surface area contributed by atoms with Gasteiger partial charge in [0.15, 0.2) is 11.3 Å².